The van der Waals surface area contributed by atoms with E-state index in [0.717, 1.165) is 17.7 Å². The SMILES string of the molecule is COc1ccc(Cc2nn(-c3ccc(C(=O)NCCc4ccc(C)cc4)cc3N)c3c2C(=O)CC(C)(C)C3)cc1OC. The van der Waals surface area contributed by atoms with Crippen LogP contribution in [-0.4, -0.2) is 42.2 Å². The van der Waals surface area contributed by atoms with E-state index in [1.54, 1.807) is 31.0 Å². The van der Waals surface area contributed by atoms with Gasteiger partial charge < -0.3 is 20.5 Å². The molecule has 1 aliphatic carbocycles. The summed E-state index contributed by atoms with van der Waals surface area (Å²) in [5, 5.41) is 7.92. The molecule has 0 atom stereocenters. The molecule has 3 N–H and O–H groups in total. The number of ketones is 1. The lowest BCUT2D eigenvalue weighted by Gasteiger charge is -2.29. The van der Waals surface area contributed by atoms with Gasteiger partial charge in [-0.05, 0) is 66.6 Å². The number of nitrogens with one attached hydrogen (secondary N) is 1. The zero-order valence-electron chi connectivity index (χ0n) is 24.9. The fourth-order valence-electron chi connectivity index (χ4n) is 5.60. The second-order valence-corrected chi connectivity index (χ2v) is 11.8. The molecule has 0 bridgehead atoms. The van der Waals surface area contributed by atoms with Gasteiger partial charge in [0.1, 0.15) is 0 Å². The highest BCUT2D eigenvalue weighted by molar-refractivity contribution is 6.00. The second kappa shape index (κ2) is 11.7. The Kier molecular flexibility index (Phi) is 8.07. The Morgan fingerprint density at radius 3 is 2.38 bits per heavy atom. The third-order valence-corrected chi connectivity index (χ3v) is 7.77. The van der Waals surface area contributed by atoms with Crippen LogP contribution in [0.5, 0.6) is 11.5 Å². The van der Waals surface area contributed by atoms with E-state index in [1.807, 2.05) is 24.3 Å². The summed E-state index contributed by atoms with van der Waals surface area (Å²) in [7, 11) is 3.20. The highest BCUT2D eigenvalue weighted by Gasteiger charge is 2.37. The van der Waals surface area contributed by atoms with Crippen LogP contribution in [0.2, 0.25) is 0 Å². The smallest absolute Gasteiger partial charge is 0.251 e. The topological polar surface area (TPSA) is 108 Å². The van der Waals surface area contributed by atoms with Crippen LogP contribution in [0.3, 0.4) is 0 Å². The molecular formula is C34H38N4O4. The molecule has 1 amide bonds. The minimum atomic E-state index is -0.214. The Labute approximate surface area is 246 Å². The van der Waals surface area contributed by atoms with Crippen molar-refractivity contribution in [1.29, 1.82) is 0 Å². The van der Waals surface area contributed by atoms with Crippen molar-refractivity contribution in [3.05, 3.63) is 99.9 Å². The minimum Gasteiger partial charge on any atom is -0.493 e. The van der Waals surface area contributed by atoms with E-state index in [0.29, 0.717) is 65.5 Å². The Bertz CT molecular complexity index is 1640. The van der Waals surface area contributed by atoms with E-state index >= 15 is 0 Å². The lowest BCUT2D eigenvalue weighted by atomic mass is 9.75. The number of carbonyl (C=O) groups excluding carboxylic acids is 2. The van der Waals surface area contributed by atoms with Crippen molar-refractivity contribution >= 4 is 17.4 Å². The maximum Gasteiger partial charge on any atom is 0.251 e. The third kappa shape index (κ3) is 6.03. The molecule has 5 rings (SSSR count). The van der Waals surface area contributed by atoms with Gasteiger partial charge in [0.25, 0.3) is 5.91 Å². The van der Waals surface area contributed by atoms with Crippen molar-refractivity contribution in [3.8, 4) is 17.2 Å². The van der Waals surface area contributed by atoms with Gasteiger partial charge in [-0.3, -0.25) is 9.59 Å². The zero-order chi connectivity index (χ0) is 30.0. The van der Waals surface area contributed by atoms with Crippen LogP contribution in [0, 0.1) is 12.3 Å². The number of aryl methyl sites for hydroxylation is 1. The van der Waals surface area contributed by atoms with Crippen molar-refractivity contribution in [2.75, 3.05) is 26.5 Å². The lowest BCUT2D eigenvalue weighted by Crippen LogP contribution is -2.28. The fourth-order valence-corrected chi connectivity index (χ4v) is 5.60. The van der Waals surface area contributed by atoms with Crippen molar-refractivity contribution in [1.82, 2.24) is 15.1 Å². The number of nitrogens with two attached hydrogens (primary N) is 1. The third-order valence-electron chi connectivity index (χ3n) is 7.77. The number of hydrogen-bond donors (Lipinski definition) is 2. The van der Waals surface area contributed by atoms with E-state index < -0.39 is 0 Å². The minimum absolute atomic E-state index is 0.0751. The molecule has 0 spiro atoms. The van der Waals surface area contributed by atoms with Gasteiger partial charge in [-0.1, -0.05) is 49.7 Å². The molecule has 1 aromatic heterocycles. The quantitative estimate of drug-likeness (QED) is 0.259. The van der Waals surface area contributed by atoms with Crippen molar-refractivity contribution < 1.29 is 19.1 Å². The number of anilines is 1. The molecule has 4 aromatic rings. The number of methoxy groups -OCH3 is 2. The standard InChI is InChI=1S/C34H38N4O4/c1-21-6-8-22(9-7-21)14-15-36-33(40)24-11-12-27(25(35)18-24)38-28-19-34(2,3)20-29(39)32(28)26(37-38)16-23-10-13-30(41-4)31(17-23)42-5/h6-13,17-18H,14-16,19-20,35H2,1-5H3,(H,36,40). The molecule has 0 fully saturated rings. The summed E-state index contributed by atoms with van der Waals surface area (Å²) in [4.78, 5) is 26.3. The lowest BCUT2D eigenvalue weighted by molar-refractivity contribution is 0.0908. The molecule has 0 radical (unpaired) electrons. The zero-order valence-corrected chi connectivity index (χ0v) is 24.9. The van der Waals surface area contributed by atoms with Gasteiger partial charge >= 0.3 is 0 Å². The Morgan fingerprint density at radius 2 is 1.69 bits per heavy atom. The number of rotatable bonds is 9. The van der Waals surface area contributed by atoms with Crippen molar-refractivity contribution in [3.63, 3.8) is 0 Å². The van der Waals surface area contributed by atoms with Gasteiger partial charge in [0.05, 0.1) is 42.5 Å². The van der Waals surface area contributed by atoms with Gasteiger partial charge in [-0.25, -0.2) is 4.68 Å². The van der Waals surface area contributed by atoms with Crippen LogP contribution in [0.4, 0.5) is 5.69 Å². The summed E-state index contributed by atoms with van der Waals surface area (Å²) in [6, 6.07) is 19.2. The molecule has 0 aliphatic heterocycles. The van der Waals surface area contributed by atoms with Gasteiger partial charge in [-0.2, -0.15) is 5.10 Å². The maximum absolute atomic E-state index is 13.4. The molecule has 8 nitrogen and oxygen atoms in total. The summed E-state index contributed by atoms with van der Waals surface area (Å²) >= 11 is 0. The van der Waals surface area contributed by atoms with Crippen molar-refractivity contribution in [2.45, 2.75) is 46.5 Å². The van der Waals surface area contributed by atoms with Gasteiger partial charge in [0.2, 0.25) is 0 Å². The molecule has 3 aromatic carbocycles. The molecule has 1 aliphatic rings. The normalized spacial score (nSPS) is 13.9. The molecule has 42 heavy (non-hydrogen) atoms. The number of nitrogens with zero attached hydrogens (tertiary/aromatic N) is 2. The number of ether oxygens (including phenoxy) is 2. The molecule has 0 unspecified atom stereocenters. The molecule has 8 heteroatoms. The first-order chi connectivity index (χ1) is 20.1. The highest BCUT2D eigenvalue weighted by atomic mass is 16.5. The van der Waals surface area contributed by atoms with E-state index in [-0.39, 0.29) is 17.1 Å². The first kappa shape index (κ1) is 28.9. The van der Waals surface area contributed by atoms with E-state index in [9.17, 15) is 9.59 Å². The second-order valence-electron chi connectivity index (χ2n) is 11.8. The molecule has 1 heterocycles. The molecular weight excluding hydrogens is 528 g/mol. The Morgan fingerprint density at radius 1 is 0.976 bits per heavy atom. The first-order valence-electron chi connectivity index (χ1n) is 14.2. The fraction of sp³-hybridized carbons (Fsp3) is 0.324. The van der Waals surface area contributed by atoms with Gasteiger partial charge in [-0.15, -0.1) is 0 Å². The first-order valence-corrected chi connectivity index (χ1v) is 14.2. The number of benzene rings is 3. The summed E-state index contributed by atoms with van der Waals surface area (Å²) < 4.78 is 12.6. The predicted octanol–water partition coefficient (Wildman–Crippen LogP) is 5.50. The van der Waals surface area contributed by atoms with Crippen LogP contribution < -0.4 is 20.5 Å². The number of carbonyl (C=O) groups is 2. The monoisotopic (exact) mass is 566 g/mol. The van der Waals surface area contributed by atoms with Crippen LogP contribution in [0.1, 0.15) is 69.1 Å². The Hall–Kier alpha value is -4.59. The molecule has 218 valence electrons. The maximum atomic E-state index is 13.4. The number of hydrogen-bond acceptors (Lipinski definition) is 6. The van der Waals surface area contributed by atoms with Crippen molar-refractivity contribution in [2.24, 2.45) is 5.41 Å². The predicted molar refractivity (Wildman–Crippen MR) is 164 cm³/mol. The number of Topliss-reactive ketones (excluding diaryl/α,β-unsaturated/α-hetero) is 1. The summed E-state index contributed by atoms with van der Waals surface area (Å²) in [5.74, 6) is 1.14. The molecule has 0 saturated heterocycles. The summed E-state index contributed by atoms with van der Waals surface area (Å²) in [6.45, 7) is 6.75. The Balaban J connectivity index is 1.42. The summed E-state index contributed by atoms with van der Waals surface area (Å²) in [5.41, 5.74) is 13.4. The molecule has 0 saturated carbocycles. The van der Waals surface area contributed by atoms with E-state index in [4.69, 9.17) is 20.3 Å². The van der Waals surface area contributed by atoms with Crippen LogP contribution in [0.15, 0.2) is 60.7 Å². The number of aromatic nitrogens is 2. The van der Waals surface area contributed by atoms with Crippen LogP contribution in [-0.2, 0) is 19.3 Å². The highest BCUT2D eigenvalue weighted by Crippen LogP contribution is 2.39. The van der Waals surface area contributed by atoms with E-state index in [1.165, 1.54) is 11.1 Å². The number of nitrogen functional groups attached to an aromatic ring is 1. The van der Waals surface area contributed by atoms with E-state index in [2.05, 4.69) is 50.4 Å². The number of amides is 1. The van der Waals surface area contributed by atoms with Gasteiger partial charge in [0.15, 0.2) is 17.3 Å². The number of fused-ring (bicyclic) bond motifs is 1. The largest absolute Gasteiger partial charge is 0.493 e. The van der Waals surface area contributed by atoms with Crippen LogP contribution in [0.25, 0.3) is 5.69 Å². The average Bonchev–Trinajstić information content (AvgIpc) is 3.30. The summed E-state index contributed by atoms with van der Waals surface area (Å²) in [6.07, 6.45) is 2.31. The van der Waals surface area contributed by atoms with Gasteiger partial charge in [0, 0.05) is 24.9 Å². The average molecular weight is 567 g/mol. The van der Waals surface area contributed by atoms with Crippen LogP contribution >= 0.6 is 0 Å².